The summed E-state index contributed by atoms with van der Waals surface area (Å²) in [6, 6.07) is 23.9. The highest BCUT2D eigenvalue weighted by Crippen LogP contribution is 2.33. The van der Waals surface area contributed by atoms with Crippen molar-refractivity contribution < 1.29 is 0 Å². The van der Waals surface area contributed by atoms with Gasteiger partial charge in [-0.1, -0.05) is 69.6 Å². The van der Waals surface area contributed by atoms with E-state index in [4.69, 9.17) is 23.8 Å². The highest BCUT2D eigenvalue weighted by molar-refractivity contribution is 9.10. The third-order valence-corrected chi connectivity index (χ3v) is 5.38. The van der Waals surface area contributed by atoms with E-state index in [1.807, 2.05) is 54.6 Å². The molecule has 0 unspecified atom stereocenters. The molecule has 0 radical (unpaired) electrons. The highest BCUT2D eigenvalue weighted by atomic mass is 79.9. The third kappa shape index (κ3) is 5.22. The first-order valence-electron chi connectivity index (χ1n) is 7.47. The van der Waals surface area contributed by atoms with Crippen molar-refractivity contribution >= 4 is 68.0 Å². The van der Waals surface area contributed by atoms with Gasteiger partial charge in [-0.05, 0) is 54.7 Å². The fourth-order valence-electron chi connectivity index (χ4n) is 2.14. The van der Waals surface area contributed by atoms with Crippen LogP contribution in [0.15, 0.2) is 87.1 Å². The van der Waals surface area contributed by atoms with E-state index in [2.05, 4.69) is 44.8 Å². The van der Waals surface area contributed by atoms with Crippen molar-refractivity contribution in [2.75, 3.05) is 10.6 Å². The number of thiocarbonyl (C=S) groups is 1. The molecular weight excluding hydrogens is 436 g/mol. The number of benzene rings is 3. The predicted molar refractivity (Wildman–Crippen MR) is 116 cm³/mol. The molecule has 0 bridgehead atoms. The SMILES string of the molecule is S=C(Nc1ccc(Br)cc1Cl)Nc1ccccc1Sc1ccccc1. The van der Waals surface area contributed by atoms with Crippen LogP contribution in [-0.4, -0.2) is 5.11 Å². The van der Waals surface area contributed by atoms with Crippen LogP contribution >= 0.6 is 51.5 Å². The maximum Gasteiger partial charge on any atom is 0.175 e. The lowest BCUT2D eigenvalue weighted by Gasteiger charge is -2.14. The summed E-state index contributed by atoms with van der Waals surface area (Å²) in [7, 11) is 0. The monoisotopic (exact) mass is 448 g/mol. The Morgan fingerprint density at radius 2 is 1.56 bits per heavy atom. The minimum Gasteiger partial charge on any atom is -0.332 e. The van der Waals surface area contributed by atoms with Gasteiger partial charge in [0.2, 0.25) is 0 Å². The second-order valence-electron chi connectivity index (χ2n) is 5.11. The van der Waals surface area contributed by atoms with Gasteiger partial charge < -0.3 is 10.6 Å². The standard InChI is InChI=1S/C19H14BrClN2S2/c20-13-10-11-16(15(21)12-13)22-19(24)23-17-8-4-5-9-18(17)25-14-6-2-1-3-7-14/h1-12H,(H2,22,23,24). The van der Waals surface area contributed by atoms with Gasteiger partial charge in [0.1, 0.15) is 0 Å². The molecule has 0 saturated carbocycles. The summed E-state index contributed by atoms with van der Waals surface area (Å²) in [5.74, 6) is 0. The van der Waals surface area contributed by atoms with Crippen LogP contribution < -0.4 is 10.6 Å². The van der Waals surface area contributed by atoms with Crippen LogP contribution in [0.2, 0.25) is 5.02 Å². The molecule has 3 rings (SSSR count). The molecule has 126 valence electrons. The lowest BCUT2D eigenvalue weighted by atomic mass is 10.3. The highest BCUT2D eigenvalue weighted by Gasteiger charge is 2.07. The van der Waals surface area contributed by atoms with Gasteiger partial charge in [-0.25, -0.2) is 0 Å². The summed E-state index contributed by atoms with van der Waals surface area (Å²) >= 11 is 16.7. The summed E-state index contributed by atoms with van der Waals surface area (Å²) in [5, 5.41) is 7.48. The zero-order valence-corrected chi connectivity index (χ0v) is 17.0. The van der Waals surface area contributed by atoms with Gasteiger partial charge in [-0.3, -0.25) is 0 Å². The van der Waals surface area contributed by atoms with Crippen LogP contribution in [0.25, 0.3) is 0 Å². The van der Waals surface area contributed by atoms with E-state index in [1.165, 1.54) is 4.90 Å². The molecule has 0 spiro atoms. The van der Waals surface area contributed by atoms with Gasteiger partial charge in [-0.2, -0.15) is 0 Å². The molecule has 3 aromatic carbocycles. The first kappa shape index (κ1) is 18.3. The fourth-order valence-corrected chi connectivity index (χ4v) is 4.00. The first-order chi connectivity index (χ1) is 12.1. The summed E-state index contributed by atoms with van der Waals surface area (Å²) in [6.45, 7) is 0. The minimum atomic E-state index is 0.491. The summed E-state index contributed by atoms with van der Waals surface area (Å²) in [5.41, 5.74) is 1.71. The van der Waals surface area contributed by atoms with Gasteiger partial charge in [0.05, 0.1) is 16.4 Å². The Bertz CT molecular complexity index is 888. The van der Waals surface area contributed by atoms with E-state index >= 15 is 0 Å². The molecule has 25 heavy (non-hydrogen) atoms. The van der Waals surface area contributed by atoms with Crippen LogP contribution in [0.3, 0.4) is 0 Å². The molecule has 6 heteroatoms. The molecule has 0 saturated heterocycles. The largest absolute Gasteiger partial charge is 0.332 e. The average molecular weight is 450 g/mol. The number of nitrogens with one attached hydrogen (secondary N) is 2. The van der Waals surface area contributed by atoms with Crippen LogP contribution in [0.1, 0.15) is 0 Å². The van der Waals surface area contributed by atoms with Crippen LogP contribution in [0.5, 0.6) is 0 Å². The summed E-state index contributed by atoms with van der Waals surface area (Å²) in [4.78, 5) is 2.27. The van der Waals surface area contributed by atoms with Gasteiger partial charge in [0, 0.05) is 14.3 Å². The number of hydrogen-bond donors (Lipinski definition) is 2. The third-order valence-electron chi connectivity index (χ3n) is 3.29. The van der Waals surface area contributed by atoms with Crippen molar-refractivity contribution in [3.8, 4) is 0 Å². The fraction of sp³-hybridized carbons (Fsp3) is 0. The van der Waals surface area contributed by atoms with Crippen molar-refractivity contribution in [1.29, 1.82) is 0 Å². The Hall–Kier alpha value is -1.53. The lowest BCUT2D eigenvalue weighted by molar-refractivity contribution is 1.40. The number of para-hydroxylation sites is 1. The summed E-state index contributed by atoms with van der Waals surface area (Å²) in [6.07, 6.45) is 0. The molecule has 2 N–H and O–H groups in total. The van der Waals surface area contributed by atoms with Crippen molar-refractivity contribution in [1.82, 2.24) is 0 Å². The van der Waals surface area contributed by atoms with E-state index in [0.29, 0.717) is 10.1 Å². The van der Waals surface area contributed by atoms with Crippen molar-refractivity contribution in [3.05, 3.63) is 82.3 Å². The maximum atomic E-state index is 6.23. The molecule has 0 amide bonds. The molecule has 2 nitrogen and oxygen atoms in total. The van der Waals surface area contributed by atoms with Crippen LogP contribution in [0.4, 0.5) is 11.4 Å². The molecule has 0 aliphatic heterocycles. The Balaban J connectivity index is 1.73. The number of rotatable bonds is 4. The molecule has 0 aromatic heterocycles. The summed E-state index contributed by atoms with van der Waals surface area (Å²) < 4.78 is 0.923. The molecular formula is C19H14BrClN2S2. The molecule has 0 atom stereocenters. The quantitative estimate of drug-likeness (QED) is 0.416. The zero-order valence-electron chi connectivity index (χ0n) is 13.0. The Labute approximate surface area is 170 Å². The molecule has 0 fully saturated rings. The molecule has 0 heterocycles. The van der Waals surface area contributed by atoms with E-state index in [9.17, 15) is 0 Å². The van der Waals surface area contributed by atoms with E-state index in [1.54, 1.807) is 11.8 Å². The number of hydrogen-bond acceptors (Lipinski definition) is 2. The normalized spacial score (nSPS) is 10.3. The smallest absolute Gasteiger partial charge is 0.175 e. The van der Waals surface area contributed by atoms with Crippen molar-refractivity contribution in [3.63, 3.8) is 0 Å². The second-order valence-corrected chi connectivity index (χ2v) is 7.96. The number of halogens is 2. The van der Waals surface area contributed by atoms with Gasteiger partial charge in [0.25, 0.3) is 0 Å². The van der Waals surface area contributed by atoms with Crippen molar-refractivity contribution in [2.24, 2.45) is 0 Å². The predicted octanol–water partition coefficient (Wildman–Crippen LogP) is 7.06. The van der Waals surface area contributed by atoms with E-state index in [-0.39, 0.29) is 0 Å². The van der Waals surface area contributed by atoms with Gasteiger partial charge in [0.15, 0.2) is 5.11 Å². The zero-order chi connectivity index (χ0) is 17.6. The van der Waals surface area contributed by atoms with E-state index < -0.39 is 0 Å². The molecule has 0 aliphatic carbocycles. The Morgan fingerprint density at radius 3 is 2.32 bits per heavy atom. The first-order valence-corrected chi connectivity index (χ1v) is 9.86. The van der Waals surface area contributed by atoms with Crippen LogP contribution in [0, 0.1) is 0 Å². The van der Waals surface area contributed by atoms with E-state index in [0.717, 1.165) is 20.7 Å². The maximum absolute atomic E-state index is 6.23. The average Bonchev–Trinajstić information content (AvgIpc) is 2.60. The Morgan fingerprint density at radius 1 is 0.880 bits per heavy atom. The van der Waals surface area contributed by atoms with Gasteiger partial charge in [-0.15, -0.1) is 0 Å². The minimum absolute atomic E-state index is 0.491. The lowest BCUT2D eigenvalue weighted by Crippen LogP contribution is -2.19. The molecule has 3 aromatic rings. The Kier molecular flexibility index (Phi) is 6.37. The molecule has 0 aliphatic rings. The topological polar surface area (TPSA) is 24.1 Å². The van der Waals surface area contributed by atoms with Crippen molar-refractivity contribution in [2.45, 2.75) is 9.79 Å². The second kappa shape index (κ2) is 8.72. The number of anilines is 2. The van der Waals surface area contributed by atoms with Gasteiger partial charge >= 0.3 is 0 Å². The van der Waals surface area contributed by atoms with Crippen LogP contribution in [-0.2, 0) is 0 Å².